The van der Waals surface area contributed by atoms with Crippen LogP contribution in [0.5, 0.6) is 0 Å². The lowest BCUT2D eigenvalue weighted by Crippen LogP contribution is -2.52. The molecule has 0 radical (unpaired) electrons. The summed E-state index contributed by atoms with van der Waals surface area (Å²) in [5, 5.41) is 16.9. The number of nitrogens with zero attached hydrogens (tertiary/aromatic N) is 4. The Morgan fingerprint density at radius 3 is 2.90 bits per heavy atom. The molecule has 8 nitrogen and oxygen atoms in total. The van der Waals surface area contributed by atoms with E-state index in [1.54, 1.807) is 6.20 Å². The van der Waals surface area contributed by atoms with Crippen molar-refractivity contribution < 1.29 is 14.7 Å². The first-order chi connectivity index (χ1) is 9.52. The SMILES string of the molecule is CC1CCCN(C(=O)Cn2cc(CN)nn2)C1C(=O)O. The van der Waals surface area contributed by atoms with E-state index in [0.717, 1.165) is 12.8 Å². The standard InChI is InChI=1S/C12H19N5O3/c1-8-3-2-4-17(11(8)12(19)20)10(18)7-16-6-9(5-13)14-15-16/h6,8,11H,2-5,7,13H2,1H3,(H,19,20). The van der Waals surface area contributed by atoms with Gasteiger partial charge in [-0.2, -0.15) is 0 Å². The van der Waals surface area contributed by atoms with Gasteiger partial charge in [0.25, 0.3) is 0 Å². The number of nitrogens with two attached hydrogens (primary N) is 1. The van der Waals surface area contributed by atoms with E-state index in [0.29, 0.717) is 12.2 Å². The van der Waals surface area contributed by atoms with Crippen LogP contribution in [0.3, 0.4) is 0 Å². The highest BCUT2D eigenvalue weighted by Gasteiger charge is 2.36. The minimum atomic E-state index is -0.952. The van der Waals surface area contributed by atoms with Crippen LogP contribution < -0.4 is 5.73 Å². The molecule has 3 N–H and O–H groups in total. The van der Waals surface area contributed by atoms with Gasteiger partial charge in [-0.15, -0.1) is 5.10 Å². The number of amides is 1. The maximum atomic E-state index is 12.3. The summed E-state index contributed by atoms with van der Waals surface area (Å²) in [7, 11) is 0. The highest BCUT2D eigenvalue weighted by atomic mass is 16.4. The fraction of sp³-hybridized carbons (Fsp3) is 0.667. The van der Waals surface area contributed by atoms with Crippen LogP contribution in [0.25, 0.3) is 0 Å². The fourth-order valence-corrected chi connectivity index (χ4v) is 2.58. The maximum Gasteiger partial charge on any atom is 0.326 e. The third-order valence-electron chi connectivity index (χ3n) is 3.60. The first-order valence-electron chi connectivity index (χ1n) is 6.64. The Balaban J connectivity index is 2.08. The van der Waals surface area contributed by atoms with E-state index < -0.39 is 12.0 Å². The van der Waals surface area contributed by atoms with E-state index in [1.807, 2.05) is 6.92 Å². The number of likely N-dealkylation sites (tertiary alicyclic amines) is 1. The highest BCUT2D eigenvalue weighted by molar-refractivity contribution is 5.84. The normalized spacial score (nSPS) is 22.8. The molecule has 1 aliphatic rings. The zero-order valence-corrected chi connectivity index (χ0v) is 11.4. The number of carbonyl (C=O) groups excluding carboxylic acids is 1. The van der Waals surface area contributed by atoms with Gasteiger partial charge in [-0.1, -0.05) is 12.1 Å². The number of carboxylic acid groups (broad SMARTS) is 1. The summed E-state index contributed by atoms with van der Waals surface area (Å²) in [6.45, 7) is 2.58. The van der Waals surface area contributed by atoms with Crippen molar-refractivity contribution in [3.8, 4) is 0 Å². The van der Waals surface area contributed by atoms with E-state index in [1.165, 1.54) is 9.58 Å². The average Bonchev–Trinajstić information content (AvgIpc) is 2.85. The number of aromatic nitrogens is 3. The van der Waals surface area contributed by atoms with Crippen LogP contribution in [0.1, 0.15) is 25.5 Å². The van der Waals surface area contributed by atoms with Gasteiger partial charge < -0.3 is 15.7 Å². The van der Waals surface area contributed by atoms with Gasteiger partial charge in [-0.3, -0.25) is 4.79 Å². The summed E-state index contributed by atoms with van der Waals surface area (Å²) in [4.78, 5) is 25.0. The Hall–Kier alpha value is -1.96. The van der Waals surface area contributed by atoms with Crippen molar-refractivity contribution in [1.29, 1.82) is 0 Å². The number of carbonyl (C=O) groups is 2. The summed E-state index contributed by atoms with van der Waals surface area (Å²) in [5.74, 6) is -1.25. The van der Waals surface area contributed by atoms with E-state index in [4.69, 9.17) is 5.73 Å². The van der Waals surface area contributed by atoms with Crippen molar-refractivity contribution in [2.24, 2.45) is 11.7 Å². The van der Waals surface area contributed by atoms with Crippen LogP contribution in [0.2, 0.25) is 0 Å². The smallest absolute Gasteiger partial charge is 0.326 e. The first kappa shape index (κ1) is 14.4. The molecule has 2 rings (SSSR count). The first-order valence-corrected chi connectivity index (χ1v) is 6.64. The summed E-state index contributed by atoms with van der Waals surface area (Å²) in [6, 6.07) is -0.756. The second-order valence-corrected chi connectivity index (χ2v) is 5.10. The van der Waals surface area contributed by atoms with Crippen LogP contribution >= 0.6 is 0 Å². The van der Waals surface area contributed by atoms with Crippen molar-refractivity contribution in [2.45, 2.75) is 38.9 Å². The number of carboxylic acids is 1. The zero-order chi connectivity index (χ0) is 14.7. The molecule has 1 amide bonds. The van der Waals surface area contributed by atoms with Gasteiger partial charge in [0.1, 0.15) is 12.6 Å². The third-order valence-corrected chi connectivity index (χ3v) is 3.60. The minimum absolute atomic E-state index is 0.0104. The molecule has 20 heavy (non-hydrogen) atoms. The van der Waals surface area contributed by atoms with Gasteiger partial charge in [-0.05, 0) is 18.8 Å². The molecule has 2 atom stereocenters. The van der Waals surface area contributed by atoms with Crippen molar-refractivity contribution in [3.05, 3.63) is 11.9 Å². The summed E-state index contributed by atoms with van der Waals surface area (Å²) >= 11 is 0. The molecule has 110 valence electrons. The molecule has 1 aromatic heterocycles. The van der Waals surface area contributed by atoms with Crippen LogP contribution in [0.4, 0.5) is 0 Å². The Morgan fingerprint density at radius 2 is 2.30 bits per heavy atom. The van der Waals surface area contributed by atoms with Crippen LogP contribution in [0, 0.1) is 5.92 Å². The molecule has 1 saturated heterocycles. The second-order valence-electron chi connectivity index (χ2n) is 5.10. The lowest BCUT2D eigenvalue weighted by molar-refractivity contribution is -0.155. The Kier molecular flexibility index (Phi) is 4.33. The zero-order valence-electron chi connectivity index (χ0n) is 11.4. The largest absolute Gasteiger partial charge is 0.480 e. The molecule has 1 aromatic rings. The molecule has 1 fully saturated rings. The molecule has 0 aromatic carbocycles. The summed E-state index contributed by atoms with van der Waals surface area (Å²) in [6.07, 6.45) is 3.24. The quantitative estimate of drug-likeness (QED) is 0.765. The van der Waals surface area contributed by atoms with Crippen molar-refractivity contribution in [3.63, 3.8) is 0 Å². The molecule has 8 heteroatoms. The number of rotatable bonds is 4. The number of hydrogen-bond donors (Lipinski definition) is 2. The molecule has 0 bridgehead atoms. The molecule has 0 aliphatic carbocycles. The van der Waals surface area contributed by atoms with E-state index >= 15 is 0 Å². The lowest BCUT2D eigenvalue weighted by Gasteiger charge is -2.37. The van der Waals surface area contributed by atoms with E-state index in [-0.39, 0.29) is 24.9 Å². The second kappa shape index (κ2) is 6.00. The van der Waals surface area contributed by atoms with Crippen LogP contribution in [0.15, 0.2) is 6.20 Å². The fourth-order valence-electron chi connectivity index (χ4n) is 2.58. The Bertz CT molecular complexity index is 501. The highest BCUT2D eigenvalue weighted by Crippen LogP contribution is 2.23. The van der Waals surface area contributed by atoms with Gasteiger partial charge in [-0.25, -0.2) is 9.48 Å². The Morgan fingerprint density at radius 1 is 1.55 bits per heavy atom. The molecule has 1 aliphatic heterocycles. The maximum absolute atomic E-state index is 12.3. The van der Waals surface area contributed by atoms with Crippen molar-refractivity contribution in [1.82, 2.24) is 19.9 Å². The summed E-state index contributed by atoms with van der Waals surface area (Å²) in [5.41, 5.74) is 6.02. The number of piperidine rings is 1. The number of hydrogen-bond acceptors (Lipinski definition) is 5. The van der Waals surface area contributed by atoms with E-state index in [2.05, 4.69) is 10.3 Å². The van der Waals surface area contributed by atoms with Crippen molar-refractivity contribution >= 4 is 11.9 Å². The van der Waals surface area contributed by atoms with Gasteiger partial charge >= 0.3 is 5.97 Å². The van der Waals surface area contributed by atoms with Gasteiger partial charge in [0.15, 0.2) is 0 Å². The van der Waals surface area contributed by atoms with Gasteiger partial charge in [0.05, 0.1) is 11.9 Å². The van der Waals surface area contributed by atoms with Crippen molar-refractivity contribution in [2.75, 3.05) is 6.54 Å². The molecule has 2 heterocycles. The molecule has 0 saturated carbocycles. The number of aliphatic carboxylic acids is 1. The minimum Gasteiger partial charge on any atom is -0.480 e. The third kappa shape index (κ3) is 2.96. The Labute approximate surface area is 116 Å². The lowest BCUT2D eigenvalue weighted by atomic mass is 9.91. The predicted molar refractivity (Wildman–Crippen MR) is 69.4 cm³/mol. The monoisotopic (exact) mass is 281 g/mol. The molecular weight excluding hydrogens is 262 g/mol. The van der Waals surface area contributed by atoms with Gasteiger partial charge in [0, 0.05) is 13.1 Å². The molecule has 0 spiro atoms. The van der Waals surface area contributed by atoms with E-state index in [9.17, 15) is 14.7 Å². The average molecular weight is 281 g/mol. The molecule has 2 unspecified atom stereocenters. The predicted octanol–water partition coefficient (Wildman–Crippen LogP) is -0.551. The summed E-state index contributed by atoms with van der Waals surface area (Å²) < 4.78 is 1.39. The van der Waals surface area contributed by atoms with Crippen LogP contribution in [-0.4, -0.2) is 49.5 Å². The van der Waals surface area contributed by atoms with Crippen LogP contribution in [-0.2, 0) is 22.7 Å². The topological polar surface area (TPSA) is 114 Å². The molecular formula is C12H19N5O3. The van der Waals surface area contributed by atoms with Gasteiger partial charge in [0.2, 0.25) is 5.91 Å².